The molecule has 3 aromatic carbocycles. The number of hydrogen-bond acceptors (Lipinski definition) is 0. The molecular weight excluding hydrogens is 336 g/mol. The first kappa shape index (κ1) is 30.4. The molecule has 3 aromatic rings. The van der Waals surface area contributed by atoms with Crippen LogP contribution in [0.5, 0.6) is 0 Å². The van der Waals surface area contributed by atoms with Crippen molar-refractivity contribution in [1.82, 2.24) is 0 Å². The number of rotatable bonds is 2. The second-order valence-corrected chi connectivity index (χ2v) is 4.31. The van der Waals surface area contributed by atoms with E-state index in [4.69, 9.17) is 0 Å². The molecule has 0 atom stereocenters. The molecule has 0 aliphatic rings. The Morgan fingerprint density at radius 3 is 0.643 bits per heavy atom. The summed E-state index contributed by atoms with van der Waals surface area (Å²) >= 11 is 0. The van der Waals surface area contributed by atoms with Crippen molar-refractivity contribution in [3.05, 3.63) is 84.9 Å². The fraction of sp³-hybridized carbons (Fsp3) is 0.357. The zero-order chi connectivity index (χ0) is 22.2. The van der Waals surface area contributed by atoms with E-state index < -0.39 is 0 Å². The Morgan fingerprint density at radius 2 is 0.429 bits per heavy atom. The smallest absolute Gasteiger partial charge is 0.0184 e. The molecule has 0 bridgehead atoms. The van der Waals surface area contributed by atoms with Crippen LogP contribution in [0.2, 0.25) is 0 Å². The first-order valence-corrected chi connectivity index (χ1v) is 11.1. The average molecular weight is 381 g/mol. The highest BCUT2D eigenvalue weighted by molar-refractivity contribution is 5.70. The molecule has 0 fully saturated rings. The van der Waals surface area contributed by atoms with Crippen molar-refractivity contribution in [3.63, 3.8) is 0 Å². The molecule has 0 aliphatic carbocycles. The first-order valence-electron chi connectivity index (χ1n) is 11.1. The van der Waals surface area contributed by atoms with Crippen molar-refractivity contribution in [1.29, 1.82) is 0 Å². The van der Waals surface area contributed by atoms with Crippen molar-refractivity contribution in [3.8, 4) is 22.3 Å². The van der Waals surface area contributed by atoms with E-state index >= 15 is 0 Å². The molecule has 0 spiro atoms. The van der Waals surface area contributed by atoms with E-state index in [1.807, 2.05) is 81.4 Å². The van der Waals surface area contributed by atoms with Crippen molar-refractivity contribution in [2.45, 2.75) is 69.2 Å². The van der Waals surface area contributed by atoms with Gasteiger partial charge in [-0.3, -0.25) is 0 Å². The van der Waals surface area contributed by atoms with Gasteiger partial charge in [0.05, 0.1) is 0 Å². The minimum Gasteiger partial charge on any atom is -0.0683 e. The van der Waals surface area contributed by atoms with Crippen LogP contribution >= 0.6 is 0 Å². The number of benzene rings is 3. The van der Waals surface area contributed by atoms with Gasteiger partial charge in [-0.15, -0.1) is 0 Å². The Kier molecular flexibility index (Phi) is 26.8. The third-order valence-electron chi connectivity index (χ3n) is 3.10. The van der Waals surface area contributed by atoms with Crippen molar-refractivity contribution >= 4 is 0 Å². The highest BCUT2D eigenvalue weighted by Crippen LogP contribution is 2.24. The lowest BCUT2D eigenvalue weighted by Gasteiger charge is -2.04. The first-order chi connectivity index (χ1) is 13.9. The van der Waals surface area contributed by atoms with Crippen molar-refractivity contribution in [2.24, 2.45) is 0 Å². The monoisotopic (exact) mass is 380 g/mol. The maximum atomic E-state index is 2.18. The van der Waals surface area contributed by atoms with E-state index in [0.29, 0.717) is 0 Å². The molecule has 0 heteroatoms. The van der Waals surface area contributed by atoms with Crippen LogP contribution < -0.4 is 0 Å². The largest absolute Gasteiger partial charge is 0.0683 e. The van der Waals surface area contributed by atoms with Gasteiger partial charge in [0.1, 0.15) is 0 Å². The van der Waals surface area contributed by atoms with E-state index in [1.165, 1.54) is 22.3 Å². The van der Waals surface area contributed by atoms with Crippen LogP contribution in [0, 0.1) is 0 Å². The quantitative estimate of drug-likeness (QED) is 0.414. The van der Waals surface area contributed by atoms with E-state index in [2.05, 4.69) is 72.8 Å². The molecule has 156 valence electrons. The van der Waals surface area contributed by atoms with Crippen molar-refractivity contribution < 1.29 is 0 Å². The van der Waals surface area contributed by atoms with Gasteiger partial charge in [0.25, 0.3) is 0 Å². The second kappa shape index (κ2) is 24.7. The standard InChI is InChI=1S/C18H14.5C2H6/c1-3-7-15(8-4-1)17-11-13-18(14-12-17)16-9-5-2-6-10-16;5*1-2/h1-14H;5*1-2H3. The highest BCUT2D eigenvalue weighted by atomic mass is 14.0. The Hall–Kier alpha value is -2.34. The number of hydrogen-bond donors (Lipinski definition) is 0. The molecule has 0 N–H and O–H groups in total. The molecule has 0 saturated carbocycles. The zero-order valence-electron chi connectivity index (χ0n) is 20.1. The van der Waals surface area contributed by atoms with Gasteiger partial charge < -0.3 is 0 Å². The average Bonchev–Trinajstić information content (AvgIpc) is 2.87. The van der Waals surface area contributed by atoms with Gasteiger partial charge in [0, 0.05) is 0 Å². The molecule has 0 nitrogen and oxygen atoms in total. The van der Waals surface area contributed by atoms with E-state index in [1.54, 1.807) is 0 Å². The summed E-state index contributed by atoms with van der Waals surface area (Å²) in [5, 5.41) is 0. The molecule has 0 unspecified atom stereocenters. The molecule has 0 aliphatic heterocycles. The Labute approximate surface area is 176 Å². The molecule has 0 heterocycles. The highest BCUT2D eigenvalue weighted by Gasteiger charge is 1.98. The van der Waals surface area contributed by atoms with Gasteiger partial charge >= 0.3 is 0 Å². The molecule has 0 saturated heterocycles. The third-order valence-corrected chi connectivity index (χ3v) is 3.10. The van der Waals surface area contributed by atoms with E-state index in [-0.39, 0.29) is 0 Å². The fourth-order valence-corrected chi connectivity index (χ4v) is 2.12. The third kappa shape index (κ3) is 12.1. The topological polar surface area (TPSA) is 0 Å². The summed E-state index contributed by atoms with van der Waals surface area (Å²) in [6.45, 7) is 20.0. The summed E-state index contributed by atoms with van der Waals surface area (Å²) in [6.07, 6.45) is 0. The summed E-state index contributed by atoms with van der Waals surface area (Å²) in [4.78, 5) is 0. The maximum Gasteiger partial charge on any atom is -0.0184 e. The van der Waals surface area contributed by atoms with Crippen LogP contribution in [0.3, 0.4) is 0 Å². The lowest BCUT2D eigenvalue weighted by molar-refractivity contribution is 1.50. The summed E-state index contributed by atoms with van der Waals surface area (Å²) in [5.41, 5.74) is 5.04. The van der Waals surface area contributed by atoms with E-state index in [9.17, 15) is 0 Å². The van der Waals surface area contributed by atoms with Crippen LogP contribution in [-0.4, -0.2) is 0 Å². The lowest BCUT2D eigenvalue weighted by atomic mass is 10.0. The molecule has 0 radical (unpaired) electrons. The van der Waals surface area contributed by atoms with Gasteiger partial charge in [-0.05, 0) is 22.3 Å². The summed E-state index contributed by atoms with van der Waals surface area (Å²) in [6, 6.07) is 29.6. The zero-order valence-corrected chi connectivity index (χ0v) is 20.1. The predicted molar refractivity (Wildman–Crippen MR) is 134 cm³/mol. The molecule has 0 aromatic heterocycles. The molecular formula is C28H44. The Bertz CT molecular complexity index is 549. The molecule has 3 rings (SSSR count). The van der Waals surface area contributed by atoms with Crippen LogP contribution in [0.4, 0.5) is 0 Å². The molecule has 28 heavy (non-hydrogen) atoms. The molecule has 0 amide bonds. The maximum absolute atomic E-state index is 2.18. The SMILES string of the molecule is CC.CC.CC.CC.CC.c1ccc(-c2ccc(-c3ccccc3)cc2)cc1. The lowest BCUT2D eigenvalue weighted by Crippen LogP contribution is -1.79. The Balaban J connectivity index is -0.000000548. The van der Waals surface area contributed by atoms with Gasteiger partial charge in [-0.25, -0.2) is 0 Å². The summed E-state index contributed by atoms with van der Waals surface area (Å²) in [7, 11) is 0. The minimum absolute atomic E-state index is 1.26. The van der Waals surface area contributed by atoms with Crippen LogP contribution in [0.25, 0.3) is 22.3 Å². The summed E-state index contributed by atoms with van der Waals surface area (Å²) < 4.78 is 0. The van der Waals surface area contributed by atoms with Gasteiger partial charge in [0.2, 0.25) is 0 Å². The van der Waals surface area contributed by atoms with Crippen LogP contribution in [0.1, 0.15) is 69.2 Å². The van der Waals surface area contributed by atoms with Crippen LogP contribution in [0.15, 0.2) is 84.9 Å². The van der Waals surface area contributed by atoms with Crippen molar-refractivity contribution in [2.75, 3.05) is 0 Å². The minimum atomic E-state index is 1.26. The Morgan fingerprint density at radius 1 is 0.250 bits per heavy atom. The summed E-state index contributed by atoms with van der Waals surface area (Å²) in [5.74, 6) is 0. The van der Waals surface area contributed by atoms with Gasteiger partial charge in [-0.1, -0.05) is 154 Å². The second-order valence-electron chi connectivity index (χ2n) is 4.31. The van der Waals surface area contributed by atoms with Gasteiger partial charge in [-0.2, -0.15) is 0 Å². The normalized spacial score (nSPS) is 7.64. The van der Waals surface area contributed by atoms with E-state index in [0.717, 1.165) is 0 Å². The predicted octanol–water partition coefficient (Wildman–Crippen LogP) is 10.2. The fourth-order valence-electron chi connectivity index (χ4n) is 2.12. The van der Waals surface area contributed by atoms with Crippen LogP contribution in [-0.2, 0) is 0 Å². The van der Waals surface area contributed by atoms with Gasteiger partial charge in [0.15, 0.2) is 0 Å².